The monoisotopic (exact) mass is 657 g/mol. The third kappa shape index (κ3) is 7.18. The number of esters is 1. The zero-order chi connectivity index (χ0) is 34.0. The highest BCUT2D eigenvalue weighted by atomic mass is 28.4. The number of likely N-dealkylation sites (N-methyl/N-ethyl adjacent to an activating group) is 1. The number of para-hydroxylation sites is 1. The van der Waals surface area contributed by atoms with E-state index in [0.717, 1.165) is 6.42 Å². The van der Waals surface area contributed by atoms with Gasteiger partial charge in [0, 0.05) is 29.1 Å². The number of rotatable bonds is 10. The summed E-state index contributed by atoms with van der Waals surface area (Å²) in [6.45, 7) is 13.5. The van der Waals surface area contributed by atoms with E-state index >= 15 is 0 Å². The van der Waals surface area contributed by atoms with E-state index in [2.05, 4.69) is 104 Å². The molecule has 5 atom stereocenters. The second kappa shape index (κ2) is 13.9. The zero-order valence-electron chi connectivity index (χ0n) is 29.1. The van der Waals surface area contributed by atoms with Crippen LogP contribution in [0.2, 0.25) is 5.04 Å². The fourth-order valence-electron chi connectivity index (χ4n) is 7.49. The van der Waals surface area contributed by atoms with Gasteiger partial charge in [-0.25, -0.2) is 0 Å². The number of carbonyl (C=O) groups is 2. The van der Waals surface area contributed by atoms with Crippen molar-refractivity contribution in [1.82, 2.24) is 15.5 Å². The molecule has 252 valence electrons. The van der Waals surface area contributed by atoms with Crippen LogP contribution in [-0.2, 0) is 18.8 Å². The van der Waals surface area contributed by atoms with Crippen LogP contribution >= 0.6 is 0 Å². The Hall–Kier alpha value is -3.50. The average Bonchev–Trinajstić information content (AvgIpc) is 3.35. The van der Waals surface area contributed by atoms with E-state index in [0.29, 0.717) is 24.5 Å². The minimum atomic E-state index is -2.75. The van der Waals surface area contributed by atoms with Gasteiger partial charge in [0.15, 0.2) is 0 Å². The molecule has 0 aliphatic carbocycles. The molecule has 2 aliphatic rings. The van der Waals surface area contributed by atoms with Gasteiger partial charge >= 0.3 is 5.97 Å². The van der Waals surface area contributed by atoms with Gasteiger partial charge in [-0.2, -0.15) is 0 Å². The van der Waals surface area contributed by atoms with Gasteiger partial charge in [0.2, 0.25) is 5.91 Å². The summed E-state index contributed by atoms with van der Waals surface area (Å²) < 4.78 is 18.8. The van der Waals surface area contributed by atoms with Gasteiger partial charge in [0.1, 0.15) is 17.8 Å². The third-order valence-corrected chi connectivity index (χ3v) is 14.6. The molecule has 8 nitrogen and oxygen atoms in total. The summed E-state index contributed by atoms with van der Waals surface area (Å²) >= 11 is 0. The maximum atomic E-state index is 13.8. The van der Waals surface area contributed by atoms with Crippen molar-refractivity contribution in [3.05, 3.63) is 90.5 Å². The maximum Gasteiger partial charge on any atom is 0.324 e. The highest BCUT2D eigenvalue weighted by Crippen LogP contribution is 2.40. The molecule has 3 aromatic rings. The van der Waals surface area contributed by atoms with E-state index in [4.69, 9.17) is 13.9 Å². The Kier molecular flexibility index (Phi) is 10.3. The quantitative estimate of drug-likeness (QED) is 0.247. The number of hydrogen-bond acceptors (Lipinski definition) is 7. The molecule has 5 rings (SSSR count). The van der Waals surface area contributed by atoms with Gasteiger partial charge in [-0.3, -0.25) is 19.8 Å². The van der Waals surface area contributed by atoms with E-state index < -0.39 is 25.9 Å². The molecule has 2 N–H and O–H groups in total. The van der Waals surface area contributed by atoms with Crippen LogP contribution in [0, 0.1) is 5.92 Å². The van der Waals surface area contributed by atoms with Crippen molar-refractivity contribution in [2.75, 3.05) is 27.4 Å². The van der Waals surface area contributed by atoms with Crippen LogP contribution in [0.1, 0.15) is 59.6 Å². The summed E-state index contributed by atoms with van der Waals surface area (Å²) in [5, 5.41) is 8.87. The number of carbonyl (C=O) groups excluding carboxylic acids is 2. The van der Waals surface area contributed by atoms with Gasteiger partial charge in [-0.05, 0) is 55.7 Å². The molecule has 0 unspecified atom stereocenters. The van der Waals surface area contributed by atoms with E-state index in [1.807, 2.05) is 45.0 Å². The van der Waals surface area contributed by atoms with Crippen LogP contribution in [0.5, 0.6) is 5.75 Å². The maximum absolute atomic E-state index is 13.8. The van der Waals surface area contributed by atoms with Gasteiger partial charge in [-0.15, -0.1) is 0 Å². The molecule has 9 heteroatoms. The summed E-state index contributed by atoms with van der Waals surface area (Å²) in [5.74, 6) is 0.0809. The number of hydrogen-bond donors (Lipinski definition) is 2. The number of likely N-dealkylation sites (tertiary alicyclic amines) is 1. The molecule has 0 bridgehead atoms. The number of fused-ring (bicyclic) bond motifs is 1. The van der Waals surface area contributed by atoms with Crippen molar-refractivity contribution in [3.63, 3.8) is 0 Å². The van der Waals surface area contributed by atoms with E-state index in [1.165, 1.54) is 10.4 Å². The second-order valence-corrected chi connectivity index (χ2v) is 19.3. The number of methoxy groups -OCH3 is 1. The fourth-order valence-corrected chi connectivity index (χ4v) is 12.1. The molecule has 47 heavy (non-hydrogen) atoms. The SMILES string of the molecule is COc1ccccc1[C@H](N[C@H]1C(=O)OC[C@H]2C[C@@H](CO[Si](c3ccccc3)(c3ccccc3)C(C)(C)C)N(C)[C@H]21)C(=O)NC(C)(C)C. The standard InChI is InChI=1S/C38H51N3O5Si/c1-37(2,3)40-35(42)32(30-21-15-16-22-31(30)44-8)39-33-34-26(24-45-36(33)43)23-27(41(34)7)25-46-47(38(4,5)6,28-17-11-9-12-18-28)29-19-13-10-14-20-29/h9-22,26-27,32-34,39H,23-25H2,1-8H3,(H,40,42)/t26-,27+,32+,33-,34-/m1/s1. The minimum Gasteiger partial charge on any atom is -0.496 e. The molecule has 2 aliphatic heterocycles. The Morgan fingerprint density at radius 2 is 1.51 bits per heavy atom. The molecule has 0 saturated carbocycles. The lowest BCUT2D eigenvalue weighted by Gasteiger charge is -2.44. The Morgan fingerprint density at radius 1 is 0.936 bits per heavy atom. The number of amides is 1. The number of cyclic esters (lactones) is 1. The van der Waals surface area contributed by atoms with Gasteiger partial charge < -0.3 is 19.2 Å². The van der Waals surface area contributed by atoms with Gasteiger partial charge in [-0.1, -0.05) is 99.6 Å². The topological polar surface area (TPSA) is 89.1 Å². The Bertz CT molecular complexity index is 1480. The van der Waals surface area contributed by atoms with Crippen molar-refractivity contribution in [3.8, 4) is 5.75 Å². The molecule has 2 fully saturated rings. The lowest BCUT2D eigenvalue weighted by Crippen LogP contribution is -2.67. The fraction of sp³-hybridized carbons (Fsp3) is 0.474. The first kappa shape index (κ1) is 34.8. The number of nitrogens with zero attached hydrogens (tertiary/aromatic N) is 1. The highest BCUT2D eigenvalue weighted by Gasteiger charge is 2.54. The molecule has 1 amide bonds. The number of nitrogens with one attached hydrogen (secondary N) is 2. The van der Waals surface area contributed by atoms with Crippen LogP contribution in [0.25, 0.3) is 0 Å². The zero-order valence-corrected chi connectivity index (χ0v) is 30.1. The summed E-state index contributed by atoms with van der Waals surface area (Å²) in [4.78, 5) is 29.6. The van der Waals surface area contributed by atoms with Gasteiger partial charge in [0.25, 0.3) is 8.32 Å². The molecule has 2 heterocycles. The van der Waals surface area contributed by atoms with Crippen LogP contribution < -0.4 is 25.7 Å². The van der Waals surface area contributed by atoms with Crippen molar-refractivity contribution in [2.24, 2.45) is 5.92 Å². The van der Waals surface area contributed by atoms with Crippen LogP contribution in [0.4, 0.5) is 0 Å². The molecular weight excluding hydrogens is 607 g/mol. The number of ether oxygens (including phenoxy) is 2. The predicted molar refractivity (Wildman–Crippen MR) is 189 cm³/mol. The number of benzene rings is 3. The third-order valence-electron chi connectivity index (χ3n) is 9.60. The molecular formula is C38H51N3O5Si. The molecule has 0 spiro atoms. The lowest BCUT2D eigenvalue weighted by molar-refractivity contribution is -0.156. The second-order valence-electron chi connectivity index (χ2n) is 15.0. The molecule has 3 aromatic carbocycles. The average molecular weight is 658 g/mol. The first-order valence-corrected chi connectivity index (χ1v) is 18.5. The van der Waals surface area contributed by atoms with E-state index in [-0.39, 0.29) is 34.9 Å². The normalized spacial score (nSPS) is 22.7. The van der Waals surface area contributed by atoms with Crippen LogP contribution in [-0.4, -0.2) is 76.1 Å². The van der Waals surface area contributed by atoms with Crippen LogP contribution in [0.15, 0.2) is 84.9 Å². The molecule has 0 radical (unpaired) electrons. The lowest BCUT2D eigenvalue weighted by atomic mass is 9.90. The summed E-state index contributed by atoms with van der Waals surface area (Å²) in [5.41, 5.74) is 0.196. The highest BCUT2D eigenvalue weighted by molar-refractivity contribution is 6.99. The smallest absolute Gasteiger partial charge is 0.324 e. The largest absolute Gasteiger partial charge is 0.496 e. The van der Waals surface area contributed by atoms with Crippen molar-refractivity contribution in [1.29, 1.82) is 0 Å². The summed E-state index contributed by atoms with van der Waals surface area (Å²) in [6, 6.07) is 27.1. The predicted octanol–water partition coefficient (Wildman–Crippen LogP) is 4.43. The first-order chi connectivity index (χ1) is 22.3. The van der Waals surface area contributed by atoms with E-state index in [1.54, 1.807) is 7.11 Å². The molecule has 2 saturated heterocycles. The van der Waals surface area contributed by atoms with Crippen LogP contribution in [0.3, 0.4) is 0 Å². The minimum absolute atomic E-state index is 0.0542. The van der Waals surface area contributed by atoms with E-state index in [9.17, 15) is 9.59 Å². The Labute approximate surface area is 281 Å². The molecule has 0 aromatic heterocycles. The Morgan fingerprint density at radius 3 is 2.06 bits per heavy atom. The Balaban J connectivity index is 1.45. The van der Waals surface area contributed by atoms with Crippen molar-refractivity contribution >= 4 is 30.6 Å². The van der Waals surface area contributed by atoms with Gasteiger partial charge in [0.05, 0.1) is 20.3 Å². The van der Waals surface area contributed by atoms with Crippen molar-refractivity contribution in [2.45, 2.75) is 82.7 Å². The summed E-state index contributed by atoms with van der Waals surface area (Å²) in [6.07, 6.45) is 0.818. The summed E-state index contributed by atoms with van der Waals surface area (Å²) in [7, 11) is 0.909. The van der Waals surface area contributed by atoms with Crippen molar-refractivity contribution < 1.29 is 23.5 Å². The first-order valence-electron chi connectivity index (χ1n) is 16.6.